The van der Waals surface area contributed by atoms with Gasteiger partial charge in [0.25, 0.3) is 0 Å². The summed E-state index contributed by atoms with van der Waals surface area (Å²) in [6.07, 6.45) is 5.89. The van der Waals surface area contributed by atoms with Gasteiger partial charge in [-0.3, -0.25) is 4.98 Å². The van der Waals surface area contributed by atoms with Gasteiger partial charge in [0.15, 0.2) is 0 Å². The van der Waals surface area contributed by atoms with Crippen molar-refractivity contribution >= 4 is 15.7 Å². The number of rotatable bonds is 5. The zero-order valence-corrected chi connectivity index (χ0v) is 10.5. The molecule has 0 aromatic carbocycles. The number of anilines is 1. The molecular formula is C10H13N5O2S. The smallest absolute Gasteiger partial charge is 0.244 e. The van der Waals surface area contributed by atoms with Crippen molar-refractivity contribution in [2.24, 2.45) is 0 Å². The van der Waals surface area contributed by atoms with Crippen LogP contribution in [-0.2, 0) is 16.6 Å². The second-order valence-corrected chi connectivity index (χ2v) is 5.26. The zero-order valence-electron chi connectivity index (χ0n) is 9.71. The molecule has 18 heavy (non-hydrogen) atoms. The third-order valence-electron chi connectivity index (χ3n) is 2.35. The molecule has 0 unspecified atom stereocenters. The molecule has 0 saturated heterocycles. The summed E-state index contributed by atoms with van der Waals surface area (Å²) < 4.78 is 26.6. The van der Waals surface area contributed by atoms with E-state index in [-0.39, 0.29) is 11.4 Å². The molecule has 0 fully saturated rings. The number of H-pyrrole nitrogens is 1. The summed E-state index contributed by atoms with van der Waals surface area (Å²) in [5.74, 6) is 0. The van der Waals surface area contributed by atoms with E-state index in [1.165, 1.54) is 18.7 Å². The summed E-state index contributed by atoms with van der Waals surface area (Å²) in [6, 6.07) is 1.60. The Morgan fingerprint density at radius 1 is 1.33 bits per heavy atom. The van der Waals surface area contributed by atoms with Crippen LogP contribution in [0.3, 0.4) is 0 Å². The molecule has 0 saturated carbocycles. The molecule has 0 aliphatic rings. The molecule has 3 N–H and O–H groups in total. The van der Waals surface area contributed by atoms with Crippen LogP contribution in [0.2, 0.25) is 0 Å². The molecule has 0 atom stereocenters. The molecule has 0 radical (unpaired) electrons. The van der Waals surface area contributed by atoms with Gasteiger partial charge in [0.1, 0.15) is 4.90 Å². The van der Waals surface area contributed by atoms with Crippen molar-refractivity contribution in [3.05, 3.63) is 36.7 Å². The molecule has 0 bridgehead atoms. The van der Waals surface area contributed by atoms with Crippen LogP contribution in [-0.4, -0.2) is 30.4 Å². The van der Waals surface area contributed by atoms with E-state index in [1.54, 1.807) is 19.3 Å². The van der Waals surface area contributed by atoms with E-state index >= 15 is 0 Å². The molecule has 2 rings (SSSR count). The fourth-order valence-electron chi connectivity index (χ4n) is 1.43. The minimum Gasteiger partial charge on any atom is -0.387 e. The molecular weight excluding hydrogens is 254 g/mol. The number of nitrogens with one attached hydrogen (secondary N) is 3. The van der Waals surface area contributed by atoms with Gasteiger partial charge in [-0.15, -0.1) is 0 Å². The summed E-state index contributed by atoms with van der Waals surface area (Å²) >= 11 is 0. The van der Waals surface area contributed by atoms with Crippen LogP contribution in [0, 0.1) is 0 Å². The number of hydrogen-bond donors (Lipinski definition) is 3. The van der Waals surface area contributed by atoms with Crippen LogP contribution in [0.15, 0.2) is 35.9 Å². The van der Waals surface area contributed by atoms with Gasteiger partial charge < -0.3 is 10.3 Å². The fraction of sp³-hybridized carbons (Fsp3) is 0.200. The maximum Gasteiger partial charge on any atom is 0.244 e. The van der Waals surface area contributed by atoms with Crippen LogP contribution in [0.1, 0.15) is 5.69 Å². The first-order valence-corrected chi connectivity index (χ1v) is 6.70. The summed E-state index contributed by atoms with van der Waals surface area (Å²) in [7, 11) is -1.95. The normalized spacial score (nSPS) is 11.4. The van der Waals surface area contributed by atoms with Crippen LogP contribution in [0.25, 0.3) is 0 Å². The van der Waals surface area contributed by atoms with Gasteiger partial charge in [-0.25, -0.2) is 18.1 Å². The van der Waals surface area contributed by atoms with Crippen LogP contribution >= 0.6 is 0 Å². The van der Waals surface area contributed by atoms with Crippen molar-refractivity contribution < 1.29 is 8.42 Å². The standard InChI is InChI=1S/C10H13N5O2S/c1-11-9-2-3-12-6-10(9)18(16,17)15-5-8-4-13-7-14-8/h2-4,6-7,15H,5H2,1H3,(H,11,12)(H,13,14). The minimum absolute atomic E-state index is 0.118. The quantitative estimate of drug-likeness (QED) is 0.724. The largest absolute Gasteiger partial charge is 0.387 e. The van der Waals surface area contributed by atoms with E-state index in [4.69, 9.17) is 0 Å². The molecule has 96 valence electrons. The Labute approximate surface area is 105 Å². The highest BCUT2D eigenvalue weighted by Gasteiger charge is 2.18. The average Bonchev–Trinajstić information content (AvgIpc) is 2.89. The molecule has 2 aromatic rings. The third-order valence-corrected chi connectivity index (χ3v) is 3.78. The highest BCUT2D eigenvalue weighted by Crippen LogP contribution is 2.18. The van der Waals surface area contributed by atoms with E-state index < -0.39 is 10.0 Å². The number of sulfonamides is 1. The number of aromatic amines is 1. The van der Waals surface area contributed by atoms with Crippen molar-refractivity contribution in [2.45, 2.75) is 11.4 Å². The monoisotopic (exact) mass is 267 g/mol. The zero-order chi connectivity index (χ0) is 13.0. The van der Waals surface area contributed by atoms with E-state index in [9.17, 15) is 8.42 Å². The lowest BCUT2D eigenvalue weighted by atomic mass is 10.4. The average molecular weight is 267 g/mol. The number of pyridine rings is 1. The second-order valence-electron chi connectivity index (χ2n) is 3.52. The number of aromatic nitrogens is 3. The Hall–Kier alpha value is -1.93. The van der Waals surface area contributed by atoms with Gasteiger partial charge in [-0.05, 0) is 6.07 Å². The summed E-state index contributed by atoms with van der Waals surface area (Å²) in [4.78, 5) is 10.6. The fourth-order valence-corrected chi connectivity index (χ4v) is 2.59. The summed E-state index contributed by atoms with van der Waals surface area (Å²) in [5.41, 5.74) is 1.19. The minimum atomic E-state index is -3.60. The van der Waals surface area contributed by atoms with Gasteiger partial charge >= 0.3 is 0 Å². The number of imidazole rings is 1. The van der Waals surface area contributed by atoms with Gasteiger partial charge in [0, 0.05) is 31.3 Å². The van der Waals surface area contributed by atoms with Gasteiger partial charge in [0.2, 0.25) is 10.0 Å². The van der Waals surface area contributed by atoms with Crippen molar-refractivity contribution in [1.82, 2.24) is 19.7 Å². The lowest BCUT2D eigenvalue weighted by molar-refractivity contribution is 0.580. The van der Waals surface area contributed by atoms with Crippen molar-refractivity contribution in [3.8, 4) is 0 Å². The number of nitrogens with zero attached hydrogens (tertiary/aromatic N) is 2. The van der Waals surface area contributed by atoms with E-state index in [0.717, 1.165) is 0 Å². The van der Waals surface area contributed by atoms with Crippen LogP contribution < -0.4 is 10.0 Å². The predicted molar refractivity (Wildman–Crippen MR) is 66.4 cm³/mol. The third kappa shape index (κ3) is 2.66. The van der Waals surface area contributed by atoms with E-state index in [2.05, 4.69) is 25.0 Å². The van der Waals surface area contributed by atoms with Gasteiger partial charge in [-0.1, -0.05) is 0 Å². The molecule has 8 heteroatoms. The molecule has 2 heterocycles. The Balaban J connectivity index is 2.20. The molecule has 0 amide bonds. The van der Waals surface area contributed by atoms with Crippen molar-refractivity contribution in [2.75, 3.05) is 12.4 Å². The maximum atomic E-state index is 12.1. The Kier molecular flexibility index (Phi) is 3.58. The molecule has 0 aliphatic heterocycles. The Bertz CT molecular complexity index is 609. The van der Waals surface area contributed by atoms with Gasteiger partial charge in [-0.2, -0.15) is 0 Å². The summed E-state index contributed by atoms with van der Waals surface area (Å²) in [5, 5.41) is 2.82. The first-order chi connectivity index (χ1) is 8.63. The lowest BCUT2D eigenvalue weighted by Crippen LogP contribution is -2.24. The maximum absolute atomic E-state index is 12.1. The topological polar surface area (TPSA) is 99.8 Å². The highest BCUT2D eigenvalue weighted by atomic mass is 32.2. The first kappa shape index (κ1) is 12.5. The van der Waals surface area contributed by atoms with Crippen molar-refractivity contribution in [3.63, 3.8) is 0 Å². The highest BCUT2D eigenvalue weighted by molar-refractivity contribution is 7.89. The van der Waals surface area contributed by atoms with Crippen molar-refractivity contribution in [1.29, 1.82) is 0 Å². The van der Waals surface area contributed by atoms with Gasteiger partial charge in [0.05, 0.1) is 18.6 Å². The Morgan fingerprint density at radius 3 is 2.83 bits per heavy atom. The molecule has 0 aliphatic carbocycles. The van der Waals surface area contributed by atoms with E-state index in [0.29, 0.717) is 11.4 Å². The Morgan fingerprint density at radius 2 is 2.17 bits per heavy atom. The molecule has 0 spiro atoms. The molecule has 2 aromatic heterocycles. The van der Waals surface area contributed by atoms with E-state index in [1.807, 2.05) is 0 Å². The second kappa shape index (κ2) is 5.15. The van der Waals surface area contributed by atoms with Crippen LogP contribution in [0.4, 0.5) is 5.69 Å². The first-order valence-electron chi connectivity index (χ1n) is 5.22. The summed E-state index contributed by atoms with van der Waals surface area (Å²) in [6.45, 7) is 0.153. The number of hydrogen-bond acceptors (Lipinski definition) is 5. The molecule has 7 nitrogen and oxygen atoms in total. The van der Waals surface area contributed by atoms with Crippen LogP contribution in [0.5, 0.6) is 0 Å². The predicted octanol–water partition coefficient (Wildman–Crippen LogP) is 0.325. The SMILES string of the molecule is CNc1ccncc1S(=O)(=O)NCc1cnc[nH]1. The lowest BCUT2D eigenvalue weighted by Gasteiger charge is -2.09.